The molecule has 8 aromatic rings. The number of benzene rings is 8. The summed E-state index contributed by atoms with van der Waals surface area (Å²) in [4.78, 5) is 0. The average molecular weight is 814 g/mol. The molecule has 0 unspecified atom stereocenters. The van der Waals surface area contributed by atoms with Crippen LogP contribution in [-0.2, 0) is 16.5 Å². The molecule has 57 heavy (non-hydrogen) atoms. The molecule has 0 bridgehead atoms. The Bertz CT molecular complexity index is 2110. The van der Waals surface area contributed by atoms with Crippen LogP contribution in [-0.4, -0.2) is 12.3 Å². The molecule has 0 amide bonds. The van der Waals surface area contributed by atoms with Crippen LogP contribution >= 0.6 is 15.8 Å². The summed E-state index contributed by atoms with van der Waals surface area (Å²) in [7, 11) is -0.696. The maximum Gasteiger partial charge on any atom is 0 e. The van der Waals surface area contributed by atoms with E-state index in [0.717, 1.165) is 0 Å². The molecule has 0 N–H and O–H groups in total. The second-order valence-corrected chi connectivity index (χ2v) is 18.3. The van der Waals surface area contributed by atoms with Crippen LogP contribution in [0.4, 0.5) is 0 Å². The van der Waals surface area contributed by atoms with Crippen LogP contribution in [0.1, 0.15) is 22.3 Å². The summed E-state index contributed by atoms with van der Waals surface area (Å²) >= 11 is 0. The second-order valence-electron chi connectivity index (χ2n) is 13.6. The number of allylic oxidation sites excluding steroid dienone is 4. The molecule has 0 heterocycles. The van der Waals surface area contributed by atoms with Crippen LogP contribution in [0.25, 0.3) is 22.3 Å². The topological polar surface area (TPSA) is 0 Å². The molecular formula is C54H44NiP2. The standard InChI is InChI=1S/C28H20.C26H24P2.Ni/c1-5-13-21(14-6-1)25-26(22-15-7-2-8-16-22)28(24-19-11-4-12-20-24)27(25)23-17-9-3-10-18-23;1-5-13-23(14-6-1)27(24-15-7-2-8-16-24)21-22-28(25-17-9-3-10-18-25)26-19-11-4-12-20-26;/h1-20H;1-20H,21-22H2;. The van der Waals surface area contributed by atoms with Gasteiger partial charge in [0.15, 0.2) is 0 Å². The van der Waals surface area contributed by atoms with Gasteiger partial charge in [0, 0.05) is 16.5 Å². The largest absolute Gasteiger partial charge is 0.0622 e. The van der Waals surface area contributed by atoms with Crippen LogP contribution in [0.3, 0.4) is 0 Å². The third kappa shape index (κ3) is 9.59. The fourth-order valence-electron chi connectivity index (χ4n) is 7.46. The van der Waals surface area contributed by atoms with Gasteiger partial charge in [-0.2, -0.15) is 0 Å². The molecule has 3 heteroatoms. The maximum atomic E-state index is 2.30. The first-order valence-corrected chi connectivity index (χ1v) is 22.4. The summed E-state index contributed by atoms with van der Waals surface area (Å²) in [6.07, 6.45) is 2.41. The summed E-state index contributed by atoms with van der Waals surface area (Å²) in [5.41, 5.74) is 10.4. The molecule has 0 atom stereocenters. The zero-order valence-electron chi connectivity index (χ0n) is 31.7. The van der Waals surface area contributed by atoms with Gasteiger partial charge >= 0.3 is 0 Å². The van der Waals surface area contributed by atoms with E-state index in [0.29, 0.717) is 0 Å². The van der Waals surface area contributed by atoms with E-state index in [4.69, 9.17) is 0 Å². The van der Waals surface area contributed by atoms with Crippen molar-refractivity contribution in [2.45, 2.75) is 0 Å². The van der Waals surface area contributed by atoms with E-state index < -0.39 is 0 Å². The predicted octanol–water partition coefficient (Wildman–Crippen LogP) is 12.5. The Balaban J connectivity index is 0.000000171. The Hall–Kier alpha value is -5.41. The van der Waals surface area contributed by atoms with E-state index in [9.17, 15) is 0 Å². The van der Waals surface area contributed by atoms with Gasteiger partial charge in [-0.15, -0.1) is 0 Å². The van der Waals surface area contributed by atoms with Crippen molar-refractivity contribution in [1.82, 2.24) is 0 Å². The van der Waals surface area contributed by atoms with E-state index in [1.54, 1.807) is 0 Å². The first-order valence-electron chi connectivity index (χ1n) is 19.3. The van der Waals surface area contributed by atoms with Crippen molar-refractivity contribution in [1.29, 1.82) is 0 Å². The normalized spacial score (nSPS) is 12.0. The summed E-state index contributed by atoms with van der Waals surface area (Å²) in [6, 6.07) is 87.2. The van der Waals surface area contributed by atoms with Crippen LogP contribution in [0.5, 0.6) is 0 Å². The molecule has 0 saturated heterocycles. The zero-order chi connectivity index (χ0) is 37.8. The van der Waals surface area contributed by atoms with Gasteiger partial charge in [0.25, 0.3) is 0 Å². The monoisotopic (exact) mass is 812 g/mol. The van der Waals surface area contributed by atoms with Crippen LogP contribution < -0.4 is 21.2 Å². The summed E-state index contributed by atoms with van der Waals surface area (Å²) in [5, 5.41) is 5.89. The first-order chi connectivity index (χ1) is 27.8. The van der Waals surface area contributed by atoms with E-state index in [2.05, 4.69) is 243 Å². The molecular weight excluding hydrogens is 769 g/mol. The molecule has 8 aromatic carbocycles. The van der Waals surface area contributed by atoms with E-state index >= 15 is 0 Å². The third-order valence-electron chi connectivity index (χ3n) is 10.1. The predicted molar refractivity (Wildman–Crippen MR) is 247 cm³/mol. The van der Waals surface area contributed by atoms with Gasteiger partial charge in [0.1, 0.15) is 0 Å². The van der Waals surface area contributed by atoms with Crippen LogP contribution in [0.15, 0.2) is 243 Å². The van der Waals surface area contributed by atoms with E-state index in [1.165, 1.54) is 78.1 Å². The quantitative estimate of drug-likeness (QED) is 0.0901. The molecule has 0 radical (unpaired) electrons. The van der Waals surface area contributed by atoms with Crippen LogP contribution in [0, 0.1) is 0 Å². The van der Waals surface area contributed by atoms with Crippen molar-refractivity contribution >= 4 is 59.4 Å². The Kier molecular flexibility index (Phi) is 14.1. The summed E-state index contributed by atoms with van der Waals surface area (Å²) < 4.78 is 0. The third-order valence-corrected chi connectivity index (χ3v) is 15.4. The molecule has 0 nitrogen and oxygen atoms in total. The first kappa shape index (κ1) is 39.8. The Morgan fingerprint density at radius 1 is 0.211 bits per heavy atom. The zero-order valence-corrected chi connectivity index (χ0v) is 34.5. The Labute approximate surface area is 351 Å². The minimum absolute atomic E-state index is 0. The molecule has 0 saturated carbocycles. The molecule has 9 rings (SSSR count). The van der Waals surface area contributed by atoms with Gasteiger partial charge in [-0.1, -0.05) is 243 Å². The Morgan fingerprint density at radius 3 is 0.544 bits per heavy atom. The van der Waals surface area contributed by atoms with Crippen molar-refractivity contribution < 1.29 is 16.5 Å². The van der Waals surface area contributed by atoms with Gasteiger partial charge < -0.3 is 0 Å². The minimum Gasteiger partial charge on any atom is -0.0622 e. The average Bonchev–Trinajstić information content (AvgIpc) is 3.28. The molecule has 280 valence electrons. The SMILES string of the molecule is [Ni].c1ccc(C2=C(c3ccccc3)C(c3ccccc3)=C2c2ccccc2)cc1.c1ccc(P(CCP(c2ccccc2)c2ccccc2)c2ccccc2)cc1. The van der Waals surface area contributed by atoms with Crippen molar-refractivity contribution in [2.75, 3.05) is 12.3 Å². The van der Waals surface area contributed by atoms with E-state index in [1.807, 2.05) is 0 Å². The van der Waals surface area contributed by atoms with E-state index in [-0.39, 0.29) is 32.3 Å². The Morgan fingerprint density at radius 2 is 0.368 bits per heavy atom. The summed E-state index contributed by atoms with van der Waals surface area (Å²) in [5.74, 6) is 0. The summed E-state index contributed by atoms with van der Waals surface area (Å²) in [6.45, 7) is 0. The van der Waals surface area contributed by atoms with Crippen molar-refractivity contribution in [2.24, 2.45) is 0 Å². The minimum atomic E-state index is -0.348. The molecule has 1 aliphatic rings. The fraction of sp³-hybridized carbons (Fsp3) is 0.0370. The second kappa shape index (κ2) is 20.1. The number of rotatable bonds is 11. The molecule has 0 spiro atoms. The van der Waals surface area contributed by atoms with Gasteiger partial charge in [0.05, 0.1) is 0 Å². The molecule has 0 aliphatic heterocycles. The number of hydrogen-bond donors (Lipinski definition) is 0. The molecule has 0 aromatic heterocycles. The van der Waals surface area contributed by atoms with Crippen molar-refractivity contribution in [3.05, 3.63) is 265 Å². The van der Waals surface area contributed by atoms with Gasteiger partial charge in [-0.25, -0.2) is 0 Å². The molecule has 1 aliphatic carbocycles. The fourth-order valence-corrected chi connectivity index (χ4v) is 12.8. The van der Waals surface area contributed by atoms with Gasteiger partial charge in [-0.05, 0) is 93.9 Å². The maximum absolute atomic E-state index is 2.30. The van der Waals surface area contributed by atoms with Crippen molar-refractivity contribution in [3.8, 4) is 0 Å². The number of hydrogen-bond acceptors (Lipinski definition) is 0. The van der Waals surface area contributed by atoms with Crippen molar-refractivity contribution in [3.63, 3.8) is 0 Å². The van der Waals surface area contributed by atoms with Crippen LogP contribution in [0.2, 0.25) is 0 Å². The van der Waals surface area contributed by atoms with Gasteiger partial charge in [-0.3, -0.25) is 0 Å². The van der Waals surface area contributed by atoms with Gasteiger partial charge in [0.2, 0.25) is 0 Å². The smallest absolute Gasteiger partial charge is 0 e. The molecule has 0 fully saturated rings.